The van der Waals surface area contributed by atoms with Gasteiger partial charge >= 0.3 is 0 Å². The molecule has 0 aliphatic carbocycles. The molecule has 0 unspecified atom stereocenters. The van der Waals surface area contributed by atoms with Gasteiger partial charge in [0.05, 0.1) is 26.1 Å². The molecule has 2 heterocycles. The highest BCUT2D eigenvalue weighted by molar-refractivity contribution is 7.98. The summed E-state index contributed by atoms with van der Waals surface area (Å²) in [4.78, 5) is 14.0. The fourth-order valence-corrected chi connectivity index (χ4v) is 4.02. The summed E-state index contributed by atoms with van der Waals surface area (Å²) in [6.45, 7) is 2.01. The molecule has 13 heteroatoms. The molecule has 180 valence electrons. The highest BCUT2D eigenvalue weighted by atomic mass is 32.2. The second kappa shape index (κ2) is 10.7. The van der Waals surface area contributed by atoms with Crippen molar-refractivity contribution in [1.29, 1.82) is 0 Å². The van der Waals surface area contributed by atoms with E-state index in [4.69, 9.17) is 15.2 Å². The van der Waals surface area contributed by atoms with Crippen LogP contribution in [0.3, 0.4) is 0 Å². The number of nitrogens with zero attached hydrogens (tertiary/aromatic N) is 6. The number of aryl methyl sites for hydroxylation is 1. The van der Waals surface area contributed by atoms with Gasteiger partial charge in [-0.1, -0.05) is 29.0 Å². The van der Waals surface area contributed by atoms with Crippen molar-refractivity contribution in [1.82, 2.24) is 30.7 Å². The van der Waals surface area contributed by atoms with Gasteiger partial charge in [0, 0.05) is 16.2 Å². The summed E-state index contributed by atoms with van der Waals surface area (Å²) in [6, 6.07) is 13.3. The number of nitrogen functional groups attached to an aromatic ring is 1. The van der Waals surface area contributed by atoms with Gasteiger partial charge < -0.3 is 15.2 Å². The maximum Gasteiger partial charge on any atom is 0.293 e. The molecule has 0 aliphatic heterocycles. The number of carbonyl (C=O) groups excluding carboxylic acids is 1. The Bertz CT molecular complexity index is 1350. The van der Waals surface area contributed by atoms with E-state index in [2.05, 4.69) is 35.8 Å². The van der Waals surface area contributed by atoms with Crippen LogP contribution in [0.4, 0.5) is 5.82 Å². The molecule has 4 aromatic rings. The van der Waals surface area contributed by atoms with Crippen molar-refractivity contribution in [2.75, 3.05) is 20.0 Å². The normalized spacial score (nSPS) is 11.1. The first kappa shape index (κ1) is 23.8. The van der Waals surface area contributed by atoms with Crippen LogP contribution in [0.1, 0.15) is 27.3 Å². The van der Waals surface area contributed by atoms with Crippen LogP contribution >= 0.6 is 11.8 Å². The Labute approximate surface area is 204 Å². The largest absolute Gasteiger partial charge is 0.493 e. The molecule has 12 nitrogen and oxygen atoms in total. The summed E-state index contributed by atoms with van der Waals surface area (Å²) in [7, 11) is 3.06. The fourth-order valence-electron chi connectivity index (χ4n) is 3.13. The smallest absolute Gasteiger partial charge is 0.293 e. The first-order valence-electron chi connectivity index (χ1n) is 10.3. The van der Waals surface area contributed by atoms with E-state index >= 15 is 0 Å². The van der Waals surface area contributed by atoms with E-state index in [1.165, 1.54) is 36.9 Å². The first-order chi connectivity index (χ1) is 17.0. The lowest BCUT2D eigenvalue weighted by Gasteiger charge is -2.09. The molecule has 0 aliphatic rings. The number of methoxy groups -OCH3 is 2. The van der Waals surface area contributed by atoms with E-state index in [0.717, 1.165) is 10.5 Å². The molecule has 2 aromatic carbocycles. The quantitative estimate of drug-likeness (QED) is 0.201. The minimum Gasteiger partial charge on any atom is -0.493 e. The monoisotopic (exact) mass is 494 g/mol. The van der Waals surface area contributed by atoms with E-state index in [9.17, 15) is 4.79 Å². The number of thioether (sulfide) groups is 1. The lowest BCUT2D eigenvalue weighted by atomic mass is 10.2. The van der Waals surface area contributed by atoms with Gasteiger partial charge in [0.2, 0.25) is 11.6 Å². The molecule has 0 spiro atoms. The number of nitrogens with two attached hydrogens (primary N) is 1. The minimum atomic E-state index is -0.566. The predicted molar refractivity (Wildman–Crippen MR) is 129 cm³/mol. The van der Waals surface area contributed by atoms with Crippen molar-refractivity contribution in [3.63, 3.8) is 0 Å². The topological polar surface area (TPSA) is 156 Å². The van der Waals surface area contributed by atoms with Crippen molar-refractivity contribution in [3.05, 3.63) is 65.0 Å². The van der Waals surface area contributed by atoms with Gasteiger partial charge in [-0.25, -0.2) is 10.1 Å². The summed E-state index contributed by atoms with van der Waals surface area (Å²) in [5, 5.41) is 19.5. The van der Waals surface area contributed by atoms with Crippen LogP contribution in [0.5, 0.6) is 11.5 Å². The Hall–Kier alpha value is -4.39. The van der Waals surface area contributed by atoms with Crippen LogP contribution in [-0.2, 0) is 5.75 Å². The van der Waals surface area contributed by atoms with Gasteiger partial charge in [0.15, 0.2) is 17.2 Å². The molecule has 0 fully saturated rings. The summed E-state index contributed by atoms with van der Waals surface area (Å²) in [5.41, 5.74) is 10.6. The minimum absolute atomic E-state index is 0.0200. The van der Waals surface area contributed by atoms with Gasteiger partial charge in [-0.15, -0.1) is 16.9 Å². The number of carbonyl (C=O) groups is 1. The Morgan fingerprint density at radius 2 is 2.00 bits per heavy atom. The van der Waals surface area contributed by atoms with Gasteiger partial charge in [-0.05, 0) is 41.5 Å². The van der Waals surface area contributed by atoms with Crippen molar-refractivity contribution < 1.29 is 18.9 Å². The molecule has 0 saturated carbocycles. The SMILES string of the molecule is COc1cccc(/C=N\NC(=O)c2nnn(-c3nonc3N)c2CSc2ccc(C)cc2)c1OC. The van der Waals surface area contributed by atoms with Crippen LogP contribution in [0.15, 0.2) is 57.1 Å². The lowest BCUT2D eigenvalue weighted by molar-refractivity contribution is 0.0949. The highest BCUT2D eigenvalue weighted by Crippen LogP contribution is 2.29. The van der Waals surface area contributed by atoms with Crippen LogP contribution in [0.2, 0.25) is 0 Å². The fraction of sp³-hybridized carbons (Fsp3) is 0.182. The molecule has 1 amide bonds. The number of hydrogen-bond donors (Lipinski definition) is 2. The van der Waals surface area contributed by atoms with Crippen molar-refractivity contribution >= 4 is 29.7 Å². The zero-order chi connectivity index (χ0) is 24.8. The third kappa shape index (κ3) is 5.24. The van der Waals surface area contributed by atoms with Gasteiger partial charge in [0.25, 0.3) is 5.91 Å². The van der Waals surface area contributed by atoms with E-state index in [1.807, 2.05) is 31.2 Å². The summed E-state index contributed by atoms with van der Waals surface area (Å²) < 4.78 is 16.7. The van der Waals surface area contributed by atoms with Crippen LogP contribution in [0.25, 0.3) is 5.82 Å². The Morgan fingerprint density at radius 1 is 1.20 bits per heavy atom. The molecule has 0 bridgehead atoms. The van der Waals surface area contributed by atoms with Crippen LogP contribution < -0.4 is 20.6 Å². The van der Waals surface area contributed by atoms with Gasteiger partial charge in [-0.2, -0.15) is 9.78 Å². The summed E-state index contributed by atoms with van der Waals surface area (Å²) >= 11 is 1.50. The Balaban J connectivity index is 1.58. The van der Waals surface area contributed by atoms with Gasteiger partial charge in [-0.3, -0.25) is 4.79 Å². The van der Waals surface area contributed by atoms with Crippen molar-refractivity contribution in [2.45, 2.75) is 17.6 Å². The molecule has 0 saturated heterocycles. The summed E-state index contributed by atoms with van der Waals surface area (Å²) in [6.07, 6.45) is 1.45. The number of benzene rings is 2. The molecule has 35 heavy (non-hydrogen) atoms. The third-order valence-corrected chi connectivity index (χ3v) is 5.90. The number of aromatic nitrogens is 5. The van der Waals surface area contributed by atoms with E-state index < -0.39 is 5.91 Å². The molecule has 3 N–H and O–H groups in total. The Morgan fingerprint density at radius 3 is 2.69 bits per heavy atom. The second-order valence-corrected chi connectivity index (χ2v) is 8.20. The number of nitrogens with one attached hydrogen (secondary N) is 1. The van der Waals surface area contributed by atoms with E-state index in [1.54, 1.807) is 18.2 Å². The number of hydrogen-bond acceptors (Lipinski definition) is 11. The van der Waals surface area contributed by atoms with Gasteiger partial charge in [0.1, 0.15) is 0 Å². The van der Waals surface area contributed by atoms with E-state index in [-0.39, 0.29) is 17.3 Å². The molecular weight excluding hydrogens is 472 g/mol. The number of hydrazone groups is 1. The van der Waals surface area contributed by atoms with Crippen LogP contribution in [-0.4, -0.2) is 51.6 Å². The number of rotatable bonds is 9. The number of para-hydroxylation sites is 1. The molecule has 0 radical (unpaired) electrons. The average Bonchev–Trinajstić information content (AvgIpc) is 3.48. The maximum absolute atomic E-state index is 13.0. The second-order valence-electron chi connectivity index (χ2n) is 7.15. The number of amides is 1. The predicted octanol–water partition coefficient (Wildman–Crippen LogP) is 2.61. The first-order valence-corrected chi connectivity index (χ1v) is 11.3. The molecular formula is C22H22N8O4S. The maximum atomic E-state index is 13.0. The van der Waals surface area contributed by atoms with Crippen LogP contribution in [0, 0.1) is 6.92 Å². The third-order valence-electron chi connectivity index (χ3n) is 4.87. The molecule has 4 rings (SSSR count). The van der Waals surface area contributed by atoms with E-state index in [0.29, 0.717) is 28.5 Å². The average molecular weight is 495 g/mol. The summed E-state index contributed by atoms with van der Waals surface area (Å²) in [5.74, 6) is 0.970. The Kier molecular flexibility index (Phi) is 7.26. The molecule has 0 atom stereocenters. The van der Waals surface area contributed by atoms with Crippen molar-refractivity contribution in [2.24, 2.45) is 5.10 Å². The number of anilines is 1. The number of ether oxygens (including phenoxy) is 2. The van der Waals surface area contributed by atoms with Crippen molar-refractivity contribution in [3.8, 4) is 17.3 Å². The highest BCUT2D eigenvalue weighted by Gasteiger charge is 2.24. The molecule has 2 aromatic heterocycles. The zero-order valence-electron chi connectivity index (χ0n) is 19.1. The standard InChI is InChI=1S/C22H22N8O4S/c1-13-7-9-15(10-8-13)35-12-16-18(25-29-30(16)21-20(23)27-34-28-21)22(31)26-24-11-14-5-4-6-17(32-2)19(14)33-3/h4-11H,12H2,1-3H3,(H2,23,27)(H,26,31)/b24-11-. The zero-order valence-corrected chi connectivity index (χ0v) is 19.9. The lowest BCUT2D eigenvalue weighted by Crippen LogP contribution is -2.20.